The van der Waals surface area contributed by atoms with Crippen molar-refractivity contribution < 1.29 is 28.9 Å². The van der Waals surface area contributed by atoms with Crippen molar-refractivity contribution in [2.75, 3.05) is 18.1 Å². The third kappa shape index (κ3) is 4.15. The number of nitrogens with two attached hydrogens (primary N) is 1. The normalized spacial score (nSPS) is 19.8. The monoisotopic (exact) mass is 529 g/mol. The van der Waals surface area contributed by atoms with Crippen molar-refractivity contribution in [3.8, 4) is 0 Å². The fraction of sp³-hybridized carbons (Fsp3) is 0.286. The van der Waals surface area contributed by atoms with Crippen molar-refractivity contribution in [2.24, 2.45) is 5.16 Å². The summed E-state index contributed by atoms with van der Waals surface area (Å²) >= 11 is 2.27. The molecule has 0 aromatic carbocycles. The summed E-state index contributed by atoms with van der Waals surface area (Å²) in [5.41, 5.74) is 6.83. The lowest BCUT2D eigenvalue weighted by molar-refractivity contribution is -0.662. The molecule has 2 aliphatic heterocycles. The summed E-state index contributed by atoms with van der Waals surface area (Å²) in [5, 5.41) is 15.9. The van der Waals surface area contributed by atoms with Crippen LogP contribution in [-0.4, -0.2) is 71.0 Å². The van der Waals surface area contributed by atoms with Crippen LogP contribution in [0.2, 0.25) is 0 Å². The van der Waals surface area contributed by atoms with Gasteiger partial charge in [-0.15, -0.1) is 11.8 Å². The first-order chi connectivity index (χ1) is 17.4. The number of anilines is 1. The quantitative estimate of drug-likeness (QED) is 0.155. The molecule has 0 saturated carbocycles. The SMILES string of the molecule is CCO/N=C(/C(=O)NC1C(=O)N2C(C(=O)O)=C(C[n+]3ccn4ccccc43)CSC12)c1nsc(N)n1. The van der Waals surface area contributed by atoms with E-state index in [2.05, 4.69) is 19.8 Å². The van der Waals surface area contributed by atoms with Gasteiger partial charge in [0.15, 0.2) is 5.13 Å². The highest BCUT2D eigenvalue weighted by Gasteiger charge is 2.54. The summed E-state index contributed by atoms with van der Waals surface area (Å²) in [4.78, 5) is 48.4. The Morgan fingerprint density at radius 3 is 2.94 bits per heavy atom. The van der Waals surface area contributed by atoms with Gasteiger partial charge in [-0.2, -0.15) is 9.36 Å². The third-order valence-corrected chi connectivity index (χ3v) is 7.50. The van der Waals surface area contributed by atoms with E-state index in [0.717, 1.165) is 17.2 Å². The van der Waals surface area contributed by atoms with Crippen molar-refractivity contribution in [1.29, 1.82) is 0 Å². The Hall–Kier alpha value is -3.98. The molecule has 0 bridgehead atoms. The number of fused-ring (bicyclic) bond motifs is 2. The Morgan fingerprint density at radius 2 is 2.22 bits per heavy atom. The predicted octanol–water partition coefficient (Wildman–Crippen LogP) is -0.160. The summed E-state index contributed by atoms with van der Waals surface area (Å²) in [6.07, 6.45) is 5.63. The number of oxime groups is 1. The molecule has 0 spiro atoms. The molecule has 0 aliphatic carbocycles. The first-order valence-electron chi connectivity index (χ1n) is 10.8. The Bertz CT molecular complexity index is 1430. The highest BCUT2D eigenvalue weighted by atomic mass is 32.2. The van der Waals surface area contributed by atoms with E-state index in [4.69, 9.17) is 10.6 Å². The maximum absolute atomic E-state index is 13.1. The molecule has 2 atom stereocenters. The molecular weight excluding hydrogens is 508 g/mol. The van der Waals surface area contributed by atoms with Crippen LogP contribution < -0.4 is 15.6 Å². The maximum Gasteiger partial charge on any atom is 0.352 e. The second-order valence-electron chi connectivity index (χ2n) is 7.82. The van der Waals surface area contributed by atoms with E-state index in [1.165, 1.54) is 16.7 Å². The van der Waals surface area contributed by atoms with E-state index in [1.54, 1.807) is 6.92 Å². The van der Waals surface area contributed by atoms with Gasteiger partial charge in [0.05, 0.1) is 6.20 Å². The lowest BCUT2D eigenvalue weighted by atomic mass is 10.0. The van der Waals surface area contributed by atoms with Crippen LogP contribution in [0.1, 0.15) is 12.7 Å². The number of aromatic nitrogens is 4. The lowest BCUT2D eigenvalue weighted by Crippen LogP contribution is -2.71. The number of β-lactam (4-membered cyclic amide) rings is 1. The summed E-state index contributed by atoms with van der Waals surface area (Å²) < 4.78 is 7.83. The fourth-order valence-electron chi connectivity index (χ4n) is 4.04. The van der Waals surface area contributed by atoms with Gasteiger partial charge in [-0.1, -0.05) is 11.2 Å². The number of hydrogen-bond acceptors (Lipinski definition) is 10. The van der Waals surface area contributed by atoms with Crippen molar-refractivity contribution >= 4 is 57.6 Å². The van der Waals surface area contributed by atoms with Crippen LogP contribution in [0.5, 0.6) is 0 Å². The minimum absolute atomic E-state index is 0.0198. The standard InChI is InChI=1S/C21H20N8O5S2/c1-2-34-25-13(16-24-21(22)36-26-16)17(30)23-14-18(31)29-15(20(32)33)11(10-35-19(14)29)9-28-8-7-27-6-4-3-5-12(27)28/h3-8,14,19H,2,9-10H2,1H3,(H3-,22,23,24,26,30,32,33)/p+1/b25-13+. The van der Waals surface area contributed by atoms with Gasteiger partial charge in [-0.3, -0.25) is 14.5 Å². The summed E-state index contributed by atoms with van der Waals surface area (Å²) in [6, 6.07) is 4.78. The Morgan fingerprint density at radius 1 is 1.39 bits per heavy atom. The molecule has 4 N–H and O–H groups in total. The van der Waals surface area contributed by atoms with Crippen molar-refractivity contribution in [2.45, 2.75) is 24.9 Å². The van der Waals surface area contributed by atoms with Gasteiger partial charge in [-0.25, -0.2) is 13.8 Å². The van der Waals surface area contributed by atoms with Crippen molar-refractivity contribution in [1.82, 2.24) is 24.0 Å². The molecular formula is C21H21N8O5S2+. The highest BCUT2D eigenvalue weighted by molar-refractivity contribution is 8.00. The lowest BCUT2D eigenvalue weighted by Gasteiger charge is -2.49. The number of carboxylic acids is 1. The van der Waals surface area contributed by atoms with Gasteiger partial charge in [-0.05, 0) is 13.0 Å². The highest BCUT2D eigenvalue weighted by Crippen LogP contribution is 2.40. The predicted molar refractivity (Wildman–Crippen MR) is 130 cm³/mol. The van der Waals surface area contributed by atoms with Crippen LogP contribution >= 0.6 is 23.3 Å². The van der Waals surface area contributed by atoms with Crippen LogP contribution in [-0.2, 0) is 25.8 Å². The molecule has 36 heavy (non-hydrogen) atoms. The molecule has 1 saturated heterocycles. The minimum Gasteiger partial charge on any atom is -0.477 e. The van der Waals surface area contributed by atoms with Crippen molar-refractivity contribution in [3.05, 3.63) is 53.9 Å². The van der Waals surface area contributed by atoms with Crippen LogP contribution in [0.15, 0.2) is 53.2 Å². The van der Waals surface area contributed by atoms with E-state index in [0.29, 0.717) is 17.9 Å². The van der Waals surface area contributed by atoms with Crippen LogP contribution in [0, 0.1) is 0 Å². The number of pyridine rings is 1. The zero-order chi connectivity index (χ0) is 25.4. The smallest absolute Gasteiger partial charge is 0.352 e. The summed E-state index contributed by atoms with van der Waals surface area (Å²) in [6.45, 7) is 2.21. The van der Waals surface area contributed by atoms with Gasteiger partial charge < -0.3 is 21.0 Å². The minimum atomic E-state index is -1.20. The number of aliphatic carboxylic acids is 1. The molecule has 3 aromatic heterocycles. The van der Waals surface area contributed by atoms with Gasteiger partial charge in [0.1, 0.15) is 42.7 Å². The summed E-state index contributed by atoms with van der Waals surface area (Å²) in [5.74, 6) is -2.08. The van der Waals surface area contributed by atoms with E-state index in [1.807, 2.05) is 45.8 Å². The number of thioether (sulfide) groups is 1. The number of imidazole rings is 1. The molecule has 2 amide bonds. The van der Waals surface area contributed by atoms with Crippen molar-refractivity contribution in [3.63, 3.8) is 0 Å². The zero-order valence-corrected chi connectivity index (χ0v) is 20.5. The second-order valence-corrected chi connectivity index (χ2v) is 9.71. The Labute approximate surface area is 212 Å². The average Bonchev–Trinajstić information content (AvgIpc) is 3.48. The summed E-state index contributed by atoms with van der Waals surface area (Å²) in [7, 11) is 0. The number of rotatable bonds is 8. The topological polar surface area (TPSA) is 168 Å². The van der Waals surface area contributed by atoms with Gasteiger partial charge in [0.25, 0.3) is 17.5 Å². The number of carbonyl (C=O) groups excluding carboxylic acids is 2. The molecule has 186 valence electrons. The number of nitrogens with one attached hydrogen (secondary N) is 1. The van der Waals surface area contributed by atoms with Gasteiger partial charge in [0.2, 0.25) is 11.5 Å². The molecule has 5 rings (SSSR count). The van der Waals surface area contributed by atoms with E-state index in [9.17, 15) is 19.5 Å². The van der Waals surface area contributed by atoms with Gasteiger partial charge >= 0.3 is 5.97 Å². The second kappa shape index (κ2) is 9.58. The molecule has 5 heterocycles. The molecule has 15 heteroatoms. The number of nitrogen functional groups attached to an aromatic ring is 1. The van der Waals surface area contributed by atoms with Crippen LogP contribution in [0.25, 0.3) is 5.65 Å². The first kappa shape index (κ1) is 23.7. The number of carboxylic acid groups (broad SMARTS) is 1. The Balaban J connectivity index is 1.37. The molecule has 1 fully saturated rings. The third-order valence-electron chi connectivity index (χ3n) is 5.62. The van der Waals surface area contributed by atoms with Crippen LogP contribution in [0.3, 0.4) is 0 Å². The Kier molecular flexibility index (Phi) is 6.32. The van der Waals surface area contributed by atoms with Gasteiger partial charge in [0, 0.05) is 28.9 Å². The number of amides is 2. The fourth-order valence-corrected chi connectivity index (χ4v) is 5.81. The largest absolute Gasteiger partial charge is 0.477 e. The molecule has 13 nitrogen and oxygen atoms in total. The molecule has 2 aliphatic rings. The molecule has 2 unspecified atom stereocenters. The first-order valence-corrected chi connectivity index (χ1v) is 12.7. The number of carbonyl (C=O) groups is 3. The maximum atomic E-state index is 13.1. The number of nitrogens with zero attached hydrogens (tertiary/aromatic N) is 6. The molecule has 0 radical (unpaired) electrons. The number of hydrogen-bond donors (Lipinski definition) is 3. The average molecular weight is 530 g/mol. The van der Waals surface area contributed by atoms with E-state index in [-0.39, 0.29) is 29.0 Å². The van der Waals surface area contributed by atoms with Crippen LogP contribution in [0.4, 0.5) is 5.13 Å². The van der Waals surface area contributed by atoms with E-state index < -0.39 is 29.2 Å². The zero-order valence-electron chi connectivity index (χ0n) is 18.9. The molecule has 3 aromatic rings. The van der Waals surface area contributed by atoms with E-state index >= 15 is 0 Å².